The van der Waals surface area contributed by atoms with Crippen molar-refractivity contribution < 1.29 is 31.1 Å². The van der Waals surface area contributed by atoms with Crippen LogP contribution in [0.5, 0.6) is 0 Å². The molecule has 6 rings (SSSR count). The highest BCUT2D eigenvalue weighted by Crippen LogP contribution is 2.40. The molecule has 0 amide bonds. The maximum absolute atomic E-state index is 14.2. The Hall–Kier alpha value is -4.82. The minimum absolute atomic E-state index is 0.108. The molecule has 2 N–H and O–H groups in total. The summed E-state index contributed by atoms with van der Waals surface area (Å²) in [6, 6.07) is 10.0. The maximum Gasteiger partial charge on any atom is 0.416 e. The lowest BCUT2D eigenvalue weighted by Gasteiger charge is -2.22. The van der Waals surface area contributed by atoms with Crippen molar-refractivity contribution in [2.75, 3.05) is 25.0 Å². The average molecular weight is 723 g/mol. The Labute approximate surface area is 295 Å². The molecule has 14 heteroatoms. The number of benzene rings is 2. The van der Waals surface area contributed by atoms with E-state index in [1.165, 1.54) is 18.3 Å². The Morgan fingerprint density at radius 1 is 1.10 bits per heavy atom. The summed E-state index contributed by atoms with van der Waals surface area (Å²) < 4.78 is 75.4. The van der Waals surface area contributed by atoms with Crippen LogP contribution in [0.25, 0.3) is 32.9 Å². The molecule has 270 valence electrons. The van der Waals surface area contributed by atoms with Crippen LogP contribution in [0.4, 0.5) is 19.1 Å². The highest BCUT2D eigenvalue weighted by atomic mass is 32.2. The molecule has 1 fully saturated rings. The van der Waals surface area contributed by atoms with E-state index >= 15 is 0 Å². The number of nitrogens with zero attached hydrogens (tertiary/aromatic N) is 4. The molecule has 2 atom stereocenters. The van der Waals surface area contributed by atoms with Crippen molar-refractivity contribution in [2.45, 2.75) is 57.6 Å². The number of anilines is 1. The zero-order valence-corrected chi connectivity index (χ0v) is 29.7. The van der Waals surface area contributed by atoms with E-state index in [1.54, 1.807) is 42.9 Å². The van der Waals surface area contributed by atoms with Gasteiger partial charge in [0.25, 0.3) is 6.47 Å². The predicted molar refractivity (Wildman–Crippen MR) is 193 cm³/mol. The van der Waals surface area contributed by atoms with Crippen LogP contribution in [0.15, 0.2) is 79.9 Å². The molecule has 1 aliphatic heterocycles. The van der Waals surface area contributed by atoms with E-state index < -0.39 is 27.0 Å². The van der Waals surface area contributed by atoms with E-state index in [2.05, 4.69) is 31.9 Å². The second kappa shape index (κ2) is 15.2. The number of aryl methyl sites for hydroxylation is 1. The summed E-state index contributed by atoms with van der Waals surface area (Å²) in [5.41, 5.74) is 1.34. The van der Waals surface area contributed by atoms with Crippen molar-refractivity contribution in [1.82, 2.24) is 24.2 Å². The van der Waals surface area contributed by atoms with Gasteiger partial charge in [0.05, 0.1) is 16.6 Å². The fraction of sp³-hybridized carbons (Fsp3) is 0.351. The lowest BCUT2D eigenvalue weighted by Crippen LogP contribution is -2.33. The summed E-state index contributed by atoms with van der Waals surface area (Å²) in [5, 5.41) is 6.39. The molecule has 5 aromatic rings. The Balaban J connectivity index is 0.000000654. The lowest BCUT2D eigenvalue weighted by molar-refractivity contribution is -0.139. The van der Waals surface area contributed by atoms with Gasteiger partial charge < -0.3 is 15.4 Å². The normalized spacial score (nSPS) is 15.9. The Kier molecular flexibility index (Phi) is 11.2. The van der Waals surface area contributed by atoms with Gasteiger partial charge in [-0.3, -0.25) is 9.78 Å². The van der Waals surface area contributed by atoms with Crippen LogP contribution >= 0.6 is 0 Å². The molecule has 0 bridgehead atoms. The molecule has 3 aromatic heterocycles. The maximum atomic E-state index is 14.2. The second-order valence-corrected chi connectivity index (χ2v) is 15.3. The van der Waals surface area contributed by atoms with Gasteiger partial charge in [-0.05, 0) is 77.2 Å². The van der Waals surface area contributed by atoms with Crippen molar-refractivity contribution in [3.05, 3.63) is 96.6 Å². The summed E-state index contributed by atoms with van der Waals surface area (Å²) in [4.78, 5) is 23.1. The lowest BCUT2D eigenvalue weighted by atomic mass is 10.00. The summed E-state index contributed by atoms with van der Waals surface area (Å²) >= 11 is 0. The van der Waals surface area contributed by atoms with Crippen molar-refractivity contribution in [3.63, 3.8) is 0 Å². The molecule has 1 saturated heterocycles. The zero-order chi connectivity index (χ0) is 37.0. The summed E-state index contributed by atoms with van der Waals surface area (Å²) in [7, 11) is -4.32. The number of carbonyl (C=O) groups excluding carboxylic acids is 1. The van der Waals surface area contributed by atoms with E-state index in [-0.39, 0.29) is 11.1 Å². The number of rotatable bonds is 9. The molecule has 0 radical (unpaired) electrons. The van der Waals surface area contributed by atoms with Gasteiger partial charge in [0.2, 0.25) is 16.0 Å². The summed E-state index contributed by atoms with van der Waals surface area (Å²) in [6.07, 6.45) is 4.91. The topological polar surface area (TPSA) is 128 Å². The van der Waals surface area contributed by atoms with Crippen molar-refractivity contribution in [3.8, 4) is 11.1 Å². The minimum atomic E-state index is -4.68. The molecule has 0 spiro atoms. The number of carbonyl (C=O) groups is 1. The predicted octanol–water partition coefficient (Wildman–Crippen LogP) is 7.45. The first kappa shape index (κ1) is 37.4. The number of hydrogen-bond acceptors (Lipinski definition) is 9. The van der Waals surface area contributed by atoms with Crippen LogP contribution < -0.4 is 10.6 Å². The molecule has 10 nitrogen and oxygen atoms in total. The molecule has 2 unspecified atom stereocenters. The van der Waals surface area contributed by atoms with Gasteiger partial charge in [-0.25, -0.2) is 22.4 Å². The molecular formula is C37H41F3N6O4S. The van der Waals surface area contributed by atoms with E-state index in [1.807, 2.05) is 27.7 Å². The van der Waals surface area contributed by atoms with E-state index in [0.717, 1.165) is 47.6 Å². The number of nitrogens with one attached hydrogen (secondary N) is 2. The first-order valence-corrected chi connectivity index (χ1v) is 18.0. The van der Waals surface area contributed by atoms with Crippen LogP contribution in [0.1, 0.15) is 55.6 Å². The van der Waals surface area contributed by atoms with E-state index in [9.17, 15) is 26.4 Å². The van der Waals surface area contributed by atoms with E-state index in [0.29, 0.717) is 57.9 Å². The van der Waals surface area contributed by atoms with Gasteiger partial charge in [0.1, 0.15) is 10.9 Å². The zero-order valence-electron chi connectivity index (χ0n) is 28.9. The number of alkyl halides is 3. The Morgan fingerprint density at radius 2 is 1.84 bits per heavy atom. The molecule has 1 aliphatic rings. The Morgan fingerprint density at radius 3 is 2.45 bits per heavy atom. The van der Waals surface area contributed by atoms with Crippen molar-refractivity contribution in [2.24, 2.45) is 5.92 Å². The molecule has 4 heterocycles. The molecule has 2 aromatic carbocycles. The third-order valence-corrected chi connectivity index (χ3v) is 10.4. The number of aromatic nitrogens is 4. The number of piperidine rings is 1. The third-order valence-electron chi connectivity index (χ3n) is 8.44. The van der Waals surface area contributed by atoms with Crippen molar-refractivity contribution >= 4 is 44.2 Å². The van der Waals surface area contributed by atoms with E-state index in [4.69, 9.17) is 4.98 Å². The number of hydrogen-bond donors (Lipinski definition) is 2. The van der Waals surface area contributed by atoms with Gasteiger partial charge in [0, 0.05) is 53.2 Å². The highest BCUT2D eigenvalue weighted by Gasteiger charge is 2.34. The molecule has 0 aliphatic carbocycles. The monoisotopic (exact) mass is 722 g/mol. The highest BCUT2D eigenvalue weighted by molar-refractivity contribution is 7.90. The summed E-state index contributed by atoms with van der Waals surface area (Å²) in [6.45, 7) is 14.1. The average Bonchev–Trinajstić information content (AvgIpc) is 3.48. The largest absolute Gasteiger partial charge is 0.462 e. The summed E-state index contributed by atoms with van der Waals surface area (Å²) in [5.74, 6) is 0.828. The van der Waals surface area contributed by atoms with Gasteiger partial charge in [-0.15, -0.1) is 6.58 Å². The standard InChI is InChI=1S/C32H31F3N6O2S.C5H10O2/c1-3-29(22-8-6-20(2)7-9-22)44(42,43)41-19-27(25-11-10-24(13-28(25)41)32(33,34)35)26-18-37-16-23-17-39-31(40-30(23)26)38-15-21-5-4-12-36-14-21;1-5(2,3)7-4-6/h3,6-11,13,16-19,21,29,36H,1,4-5,12,14-15H2,2H3,(H,38,39,40);4H,1-3H3. The first-order valence-electron chi connectivity index (χ1n) is 16.5. The fourth-order valence-electron chi connectivity index (χ4n) is 5.82. The molecule has 51 heavy (non-hydrogen) atoms. The smallest absolute Gasteiger partial charge is 0.416 e. The number of fused-ring (bicyclic) bond motifs is 2. The van der Waals surface area contributed by atoms with Gasteiger partial charge in [-0.2, -0.15) is 13.2 Å². The van der Waals surface area contributed by atoms with Gasteiger partial charge in [-0.1, -0.05) is 42.0 Å². The minimum Gasteiger partial charge on any atom is -0.462 e. The van der Waals surface area contributed by atoms with Crippen LogP contribution in [0, 0.1) is 12.8 Å². The quantitative estimate of drug-likeness (QED) is 0.118. The second-order valence-electron chi connectivity index (χ2n) is 13.4. The van der Waals surface area contributed by atoms with Crippen molar-refractivity contribution in [1.29, 1.82) is 0 Å². The SMILES string of the molecule is C=CC(c1ccc(C)cc1)S(=O)(=O)n1cc(-c2cncc3cnc(NCC4CCCNC4)nc23)c2ccc(C(F)(F)F)cc21.CC(C)(C)OC=O. The van der Waals surface area contributed by atoms with Crippen LogP contribution in [0.2, 0.25) is 0 Å². The Bertz CT molecular complexity index is 2120. The van der Waals surface area contributed by atoms with Gasteiger partial charge >= 0.3 is 6.18 Å². The van der Waals surface area contributed by atoms with Crippen LogP contribution in [-0.2, 0) is 25.7 Å². The number of pyridine rings is 1. The van der Waals surface area contributed by atoms with Gasteiger partial charge in [0.15, 0.2) is 0 Å². The third kappa shape index (κ3) is 8.74. The molecular weight excluding hydrogens is 682 g/mol. The van der Waals surface area contributed by atoms with Crippen LogP contribution in [0.3, 0.4) is 0 Å². The van der Waals surface area contributed by atoms with Crippen LogP contribution in [-0.4, -0.2) is 59.0 Å². The fourth-order valence-corrected chi connectivity index (χ4v) is 7.49. The molecule has 0 saturated carbocycles. The number of ether oxygens (including phenoxy) is 1. The number of halogens is 3. The first-order chi connectivity index (χ1) is 24.1.